The standard InChI is InChI=1S/C14H26O2/c1-4-16-14(10-6-5-7-11-14)13(15)9-8-12(2)3/h12H,4-11H2,1-3H3. The van der Waals surface area contributed by atoms with Crippen molar-refractivity contribution in [3.05, 3.63) is 0 Å². The lowest BCUT2D eigenvalue weighted by Crippen LogP contribution is -2.43. The molecule has 94 valence electrons. The zero-order valence-electron chi connectivity index (χ0n) is 11.1. The molecule has 0 heterocycles. The Morgan fingerprint density at radius 1 is 1.25 bits per heavy atom. The average Bonchev–Trinajstić information content (AvgIpc) is 2.27. The Balaban J connectivity index is 2.57. The fourth-order valence-electron chi connectivity index (χ4n) is 2.55. The van der Waals surface area contributed by atoms with Crippen LogP contribution in [0.5, 0.6) is 0 Å². The smallest absolute Gasteiger partial charge is 0.164 e. The van der Waals surface area contributed by atoms with Crippen LogP contribution in [0.1, 0.15) is 65.7 Å². The molecular weight excluding hydrogens is 200 g/mol. The second-order valence-corrected chi connectivity index (χ2v) is 5.34. The second-order valence-electron chi connectivity index (χ2n) is 5.34. The van der Waals surface area contributed by atoms with E-state index in [9.17, 15) is 4.79 Å². The predicted molar refractivity (Wildman–Crippen MR) is 66.5 cm³/mol. The Labute approximate surface area is 99.8 Å². The molecule has 2 heteroatoms. The topological polar surface area (TPSA) is 26.3 Å². The summed E-state index contributed by atoms with van der Waals surface area (Å²) in [4.78, 5) is 12.3. The molecule has 0 aliphatic heterocycles. The molecule has 0 spiro atoms. The minimum Gasteiger partial charge on any atom is -0.368 e. The van der Waals surface area contributed by atoms with Gasteiger partial charge in [-0.2, -0.15) is 0 Å². The van der Waals surface area contributed by atoms with Crippen LogP contribution in [0.4, 0.5) is 0 Å². The Hall–Kier alpha value is -0.370. The minimum absolute atomic E-state index is 0.350. The fraction of sp³-hybridized carbons (Fsp3) is 0.929. The van der Waals surface area contributed by atoms with Gasteiger partial charge in [0.05, 0.1) is 0 Å². The summed E-state index contributed by atoms with van der Waals surface area (Å²) in [5.74, 6) is 0.953. The highest BCUT2D eigenvalue weighted by Crippen LogP contribution is 2.34. The van der Waals surface area contributed by atoms with Crippen molar-refractivity contribution in [2.24, 2.45) is 5.92 Å². The van der Waals surface area contributed by atoms with Crippen LogP contribution in [0.25, 0.3) is 0 Å². The molecule has 0 aromatic carbocycles. The maximum absolute atomic E-state index is 12.3. The van der Waals surface area contributed by atoms with Crippen LogP contribution in [0.15, 0.2) is 0 Å². The molecule has 1 rings (SSSR count). The first-order valence-corrected chi connectivity index (χ1v) is 6.78. The third-order valence-corrected chi connectivity index (χ3v) is 3.54. The number of Topliss-reactive ketones (excluding diaryl/α,β-unsaturated/α-hetero) is 1. The zero-order valence-corrected chi connectivity index (χ0v) is 11.1. The van der Waals surface area contributed by atoms with Crippen molar-refractivity contribution in [3.8, 4) is 0 Å². The van der Waals surface area contributed by atoms with Crippen LogP contribution in [0.2, 0.25) is 0 Å². The molecule has 1 fully saturated rings. The maximum atomic E-state index is 12.3. The van der Waals surface area contributed by atoms with Gasteiger partial charge in [0, 0.05) is 13.0 Å². The SMILES string of the molecule is CCOC1(C(=O)CCC(C)C)CCCCC1. The van der Waals surface area contributed by atoms with Crippen LogP contribution < -0.4 is 0 Å². The monoisotopic (exact) mass is 226 g/mol. The molecule has 0 bridgehead atoms. The van der Waals surface area contributed by atoms with E-state index in [-0.39, 0.29) is 0 Å². The molecule has 1 saturated carbocycles. The molecule has 2 nitrogen and oxygen atoms in total. The van der Waals surface area contributed by atoms with Crippen molar-refractivity contribution in [1.29, 1.82) is 0 Å². The van der Waals surface area contributed by atoms with Crippen LogP contribution in [0, 0.1) is 5.92 Å². The number of hydrogen-bond acceptors (Lipinski definition) is 2. The van der Waals surface area contributed by atoms with Gasteiger partial charge in [0.15, 0.2) is 5.78 Å². The molecule has 0 amide bonds. The van der Waals surface area contributed by atoms with E-state index in [1.165, 1.54) is 6.42 Å². The molecule has 1 aliphatic rings. The van der Waals surface area contributed by atoms with E-state index in [0.717, 1.165) is 32.1 Å². The van der Waals surface area contributed by atoms with Gasteiger partial charge in [-0.1, -0.05) is 33.1 Å². The van der Waals surface area contributed by atoms with E-state index in [2.05, 4.69) is 13.8 Å². The molecular formula is C14H26O2. The Morgan fingerprint density at radius 3 is 2.38 bits per heavy atom. The van der Waals surface area contributed by atoms with Crippen LogP contribution in [-0.4, -0.2) is 18.0 Å². The molecule has 0 aromatic heterocycles. The zero-order chi connectivity index (χ0) is 12.0. The summed E-state index contributed by atoms with van der Waals surface area (Å²) in [5.41, 5.74) is -0.415. The largest absolute Gasteiger partial charge is 0.368 e. The number of rotatable bonds is 6. The van der Waals surface area contributed by atoms with E-state index in [0.29, 0.717) is 24.7 Å². The van der Waals surface area contributed by atoms with E-state index < -0.39 is 5.60 Å². The fourth-order valence-corrected chi connectivity index (χ4v) is 2.55. The molecule has 0 saturated heterocycles. The third-order valence-electron chi connectivity index (χ3n) is 3.54. The molecule has 0 radical (unpaired) electrons. The summed E-state index contributed by atoms with van der Waals surface area (Å²) < 4.78 is 5.81. The van der Waals surface area contributed by atoms with Gasteiger partial charge in [0.1, 0.15) is 5.60 Å². The van der Waals surface area contributed by atoms with Crippen LogP contribution in [-0.2, 0) is 9.53 Å². The van der Waals surface area contributed by atoms with E-state index in [1.54, 1.807) is 0 Å². The van der Waals surface area contributed by atoms with Crippen molar-refractivity contribution < 1.29 is 9.53 Å². The highest BCUT2D eigenvalue weighted by Gasteiger charge is 2.39. The number of ether oxygens (including phenoxy) is 1. The predicted octanol–water partition coefficient (Wildman–Crippen LogP) is 3.73. The number of carbonyl (C=O) groups is 1. The van der Waals surface area contributed by atoms with Crippen molar-refractivity contribution in [3.63, 3.8) is 0 Å². The minimum atomic E-state index is -0.415. The van der Waals surface area contributed by atoms with Crippen molar-refractivity contribution in [2.45, 2.75) is 71.3 Å². The molecule has 0 unspecified atom stereocenters. The van der Waals surface area contributed by atoms with E-state index >= 15 is 0 Å². The summed E-state index contributed by atoms with van der Waals surface area (Å²) in [6.45, 7) is 6.99. The first-order valence-electron chi connectivity index (χ1n) is 6.78. The highest BCUT2D eigenvalue weighted by molar-refractivity contribution is 5.87. The van der Waals surface area contributed by atoms with Gasteiger partial charge in [-0.25, -0.2) is 0 Å². The van der Waals surface area contributed by atoms with Crippen LogP contribution >= 0.6 is 0 Å². The van der Waals surface area contributed by atoms with Gasteiger partial charge in [0.2, 0.25) is 0 Å². The Kier molecular flexibility index (Phi) is 5.47. The lowest BCUT2D eigenvalue weighted by Gasteiger charge is -2.35. The molecule has 0 aromatic rings. The van der Waals surface area contributed by atoms with Crippen LogP contribution in [0.3, 0.4) is 0 Å². The van der Waals surface area contributed by atoms with E-state index in [1.807, 2.05) is 6.92 Å². The maximum Gasteiger partial charge on any atom is 0.164 e. The van der Waals surface area contributed by atoms with Gasteiger partial charge in [-0.05, 0) is 32.1 Å². The molecule has 1 aliphatic carbocycles. The molecule has 0 atom stereocenters. The van der Waals surface area contributed by atoms with Gasteiger partial charge in [-0.3, -0.25) is 4.79 Å². The Bertz CT molecular complexity index is 209. The lowest BCUT2D eigenvalue weighted by molar-refractivity contribution is -0.149. The van der Waals surface area contributed by atoms with Crippen molar-refractivity contribution in [2.75, 3.05) is 6.61 Å². The third kappa shape index (κ3) is 3.58. The molecule has 0 N–H and O–H groups in total. The summed E-state index contributed by atoms with van der Waals surface area (Å²) in [6, 6.07) is 0. The number of carbonyl (C=O) groups excluding carboxylic acids is 1. The Morgan fingerprint density at radius 2 is 1.88 bits per heavy atom. The summed E-state index contributed by atoms with van der Waals surface area (Å²) in [6.07, 6.45) is 7.12. The summed E-state index contributed by atoms with van der Waals surface area (Å²) >= 11 is 0. The highest BCUT2D eigenvalue weighted by atomic mass is 16.5. The van der Waals surface area contributed by atoms with Crippen molar-refractivity contribution >= 4 is 5.78 Å². The number of hydrogen-bond donors (Lipinski definition) is 0. The lowest BCUT2D eigenvalue weighted by atomic mass is 9.79. The van der Waals surface area contributed by atoms with Gasteiger partial charge >= 0.3 is 0 Å². The molecule has 16 heavy (non-hydrogen) atoms. The van der Waals surface area contributed by atoms with E-state index in [4.69, 9.17) is 4.74 Å². The van der Waals surface area contributed by atoms with Gasteiger partial charge in [-0.15, -0.1) is 0 Å². The summed E-state index contributed by atoms with van der Waals surface area (Å²) in [7, 11) is 0. The summed E-state index contributed by atoms with van der Waals surface area (Å²) in [5, 5.41) is 0. The first kappa shape index (κ1) is 13.7. The van der Waals surface area contributed by atoms with Crippen molar-refractivity contribution in [1.82, 2.24) is 0 Å². The number of ketones is 1. The normalized spacial score (nSPS) is 20.0. The first-order chi connectivity index (χ1) is 7.60. The average molecular weight is 226 g/mol. The van der Waals surface area contributed by atoms with Gasteiger partial charge in [0.25, 0.3) is 0 Å². The van der Waals surface area contributed by atoms with Gasteiger partial charge < -0.3 is 4.74 Å². The quantitative estimate of drug-likeness (QED) is 0.689. The second kappa shape index (κ2) is 6.39.